The second-order valence-electron chi connectivity index (χ2n) is 6.65. The second kappa shape index (κ2) is 7.21. The molecule has 4 heteroatoms. The number of rotatable bonds is 9. The molecule has 1 rings (SSSR count). The first-order chi connectivity index (χ1) is 9.28. The van der Waals surface area contributed by atoms with Crippen molar-refractivity contribution in [2.75, 3.05) is 19.7 Å². The van der Waals surface area contributed by atoms with Crippen LogP contribution in [0.25, 0.3) is 0 Å². The molecule has 4 nitrogen and oxygen atoms in total. The third-order valence-electron chi connectivity index (χ3n) is 3.89. The van der Waals surface area contributed by atoms with Crippen molar-refractivity contribution in [3.05, 3.63) is 0 Å². The molecule has 116 valence electrons. The summed E-state index contributed by atoms with van der Waals surface area (Å²) in [4.78, 5) is 26.5. The Morgan fingerprint density at radius 3 is 2.35 bits per heavy atom. The molecule has 1 fully saturated rings. The van der Waals surface area contributed by atoms with Crippen LogP contribution in [0.15, 0.2) is 0 Å². The molecule has 0 bridgehead atoms. The number of esters is 1. The molecule has 0 N–H and O–H groups in total. The number of carbonyl (C=O) groups excluding carboxylic acids is 2. The fourth-order valence-corrected chi connectivity index (χ4v) is 2.06. The van der Waals surface area contributed by atoms with E-state index in [1.54, 1.807) is 20.8 Å². The van der Waals surface area contributed by atoms with Crippen LogP contribution in [0, 0.1) is 11.3 Å². The van der Waals surface area contributed by atoms with Gasteiger partial charge < -0.3 is 4.74 Å². The maximum Gasteiger partial charge on any atom is 0.319 e. The Labute approximate surface area is 122 Å². The minimum absolute atomic E-state index is 0.0355. The first-order valence-electron chi connectivity index (χ1n) is 7.73. The lowest BCUT2D eigenvalue weighted by Crippen LogP contribution is -2.43. The zero-order valence-electron chi connectivity index (χ0n) is 13.6. The molecule has 1 aliphatic rings. The van der Waals surface area contributed by atoms with Crippen molar-refractivity contribution in [2.24, 2.45) is 11.3 Å². The van der Waals surface area contributed by atoms with Crippen LogP contribution in [-0.2, 0) is 14.3 Å². The molecule has 1 saturated carbocycles. The predicted octanol–water partition coefficient (Wildman–Crippen LogP) is 2.66. The summed E-state index contributed by atoms with van der Waals surface area (Å²) in [5.41, 5.74) is -1.04. The highest BCUT2D eigenvalue weighted by Gasteiger charge is 2.40. The molecule has 0 aliphatic heterocycles. The summed E-state index contributed by atoms with van der Waals surface area (Å²) in [7, 11) is 0. The smallest absolute Gasteiger partial charge is 0.319 e. The number of Topliss-reactive ketones (excluding diaryl/α,β-unsaturated/α-hetero) is 1. The number of hydrogen-bond acceptors (Lipinski definition) is 4. The topological polar surface area (TPSA) is 46.6 Å². The summed E-state index contributed by atoms with van der Waals surface area (Å²) in [5.74, 6) is 0.181. The molecule has 0 saturated heterocycles. The van der Waals surface area contributed by atoms with Crippen molar-refractivity contribution >= 4 is 11.8 Å². The second-order valence-corrected chi connectivity index (χ2v) is 6.65. The van der Waals surface area contributed by atoms with Crippen LogP contribution < -0.4 is 0 Å². The van der Waals surface area contributed by atoms with E-state index in [4.69, 9.17) is 4.74 Å². The number of carbonyl (C=O) groups is 2. The molecule has 0 radical (unpaired) electrons. The van der Waals surface area contributed by atoms with Gasteiger partial charge in [-0.3, -0.25) is 14.5 Å². The standard InChI is InChI=1S/C16H29NO3/c1-6-20-15(19)16(4,5)14(18)11-17(13-7-8-13)10-9-12(2)3/h12-13H,6-11H2,1-5H3. The van der Waals surface area contributed by atoms with Crippen molar-refractivity contribution in [3.63, 3.8) is 0 Å². The molecule has 0 heterocycles. The fraction of sp³-hybridized carbons (Fsp3) is 0.875. The lowest BCUT2D eigenvalue weighted by molar-refractivity contribution is -0.158. The van der Waals surface area contributed by atoms with E-state index in [9.17, 15) is 9.59 Å². The number of ketones is 1. The van der Waals surface area contributed by atoms with E-state index in [-0.39, 0.29) is 5.78 Å². The monoisotopic (exact) mass is 283 g/mol. The number of nitrogens with zero attached hydrogens (tertiary/aromatic N) is 1. The number of hydrogen-bond donors (Lipinski definition) is 0. The van der Waals surface area contributed by atoms with E-state index >= 15 is 0 Å². The molecule has 0 atom stereocenters. The van der Waals surface area contributed by atoms with Gasteiger partial charge in [0.15, 0.2) is 5.78 Å². The van der Waals surface area contributed by atoms with Crippen molar-refractivity contribution in [1.82, 2.24) is 4.90 Å². The molecule has 0 aromatic rings. The van der Waals surface area contributed by atoms with Gasteiger partial charge in [0.25, 0.3) is 0 Å². The Balaban J connectivity index is 2.58. The molecule has 0 amide bonds. The summed E-state index contributed by atoms with van der Waals surface area (Å²) in [6.45, 7) is 11.1. The van der Waals surface area contributed by atoms with Gasteiger partial charge in [0.1, 0.15) is 5.41 Å². The molecule has 1 aliphatic carbocycles. The van der Waals surface area contributed by atoms with Gasteiger partial charge in [-0.1, -0.05) is 13.8 Å². The maximum atomic E-state index is 12.4. The van der Waals surface area contributed by atoms with Crippen LogP contribution in [0.2, 0.25) is 0 Å². The van der Waals surface area contributed by atoms with E-state index in [2.05, 4.69) is 18.7 Å². The van der Waals surface area contributed by atoms with E-state index < -0.39 is 11.4 Å². The summed E-state index contributed by atoms with van der Waals surface area (Å²) in [6.07, 6.45) is 3.43. The fourth-order valence-electron chi connectivity index (χ4n) is 2.06. The van der Waals surface area contributed by atoms with Crippen LogP contribution in [0.4, 0.5) is 0 Å². The van der Waals surface area contributed by atoms with Crippen molar-refractivity contribution in [2.45, 2.75) is 59.9 Å². The van der Waals surface area contributed by atoms with Gasteiger partial charge in [-0.15, -0.1) is 0 Å². The van der Waals surface area contributed by atoms with E-state index in [0.29, 0.717) is 25.1 Å². The highest BCUT2D eigenvalue weighted by Crippen LogP contribution is 2.29. The van der Waals surface area contributed by atoms with Gasteiger partial charge >= 0.3 is 5.97 Å². The van der Waals surface area contributed by atoms with Crippen LogP contribution in [-0.4, -0.2) is 42.4 Å². The van der Waals surface area contributed by atoms with Gasteiger partial charge in [-0.05, 0) is 52.5 Å². The van der Waals surface area contributed by atoms with E-state index in [0.717, 1.165) is 13.0 Å². The minimum Gasteiger partial charge on any atom is -0.465 e. The average molecular weight is 283 g/mol. The third-order valence-corrected chi connectivity index (χ3v) is 3.89. The Morgan fingerprint density at radius 1 is 1.30 bits per heavy atom. The van der Waals surface area contributed by atoms with Crippen LogP contribution in [0.5, 0.6) is 0 Å². The molecule has 0 aromatic heterocycles. The van der Waals surface area contributed by atoms with Gasteiger partial charge in [-0.2, -0.15) is 0 Å². The van der Waals surface area contributed by atoms with Crippen molar-refractivity contribution in [3.8, 4) is 0 Å². The Morgan fingerprint density at radius 2 is 1.90 bits per heavy atom. The minimum atomic E-state index is -1.04. The largest absolute Gasteiger partial charge is 0.465 e. The molecular formula is C16H29NO3. The van der Waals surface area contributed by atoms with E-state index in [1.807, 2.05) is 0 Å². The van der Waals surface area contributed by atoms with Crippen molar-refractivity contribution in [1.29, 1.82) is 0 Å². The highest BCUT2D eigenvalue weighted by molar-refractivity contribution is 6.03. The molecule has 20 heavy (non-hydrogen) atoms. The predicted molar refractivity (Wildman–Crippen MR) is 79.5 cm³/mol. The summed E-state index contributed by atoms with van der Waals surface area (Å²) in [6, 6.07) is 0.538. The van der Waals surface area contributed by atoms with Gasteiger partial charge in [0, 0.05) is 6.04 Å². The lowest BCUT2D eigenvalue weighted by Gasteiger charge is -2.27. The lowest BCUT2D eigenvalue weighted by atomic mass is 9.87. The maximum absolute atomic E-state index is 12.4. The average Bonchev–Trinajstić information content (AvgIpc) is 3.18. The number of ether oxygens (including phenoxy) is 1. The first-order valence-corrected chi connectivity index (χ1v) is 7.73. The van der Waals surface area contributed by atoms with Crippen LogP contribution in [0.1, 0.15) is 53.9 Å². The van der Waals surface area contributed by atoms with Gasteiger partial charge in [0.05, 0.1) is 13.2 Å². The van der Waals surface area contributed by atoms with Gasteiger partial charge in [0.2, 0.25) is 0 Å². The zero-order valence-corrected chi connectivity index (χ0v) is 13.6. The first kappa shape index (κ1) is 17.2. The zero-order chi connectivity index (χ0) is 15.3. The van der Waals surface area contributed by atoms with E-state index in [1.165, 1.54) is 12.8 Å². The summed E-state index contributed by atoms with van der Waals surface area (Å²) in [5, 5.41) is 0. The highest BCUT2D eigenvalue weighted by atomic mass is 16.5. The summed E-state index contributed by atoms with van der Waals surface area (Å²) >= 11 is 0. The quantitative estimate of drug-likeness (QED) is 0.482. The molecule has 0 aromatic carbocycles. The normalized spacial score (nSPS) is 15.8. The Hall–Kier alpha value is -0.900. The molecule has 0 unspecified atom stereocenters. The Bertz CT molecular complexity index is 346. The summed E-state index contributed by atoms with van der Waals surface area (Å²) < 4.78 is 5.01. The van der Waals surface area contributed by atoms with Gasteiger partial charge in [-0.25, -0.2) is 0 Å². The SMILES string of the molecule is CCOC(=O)C(C)(C)C(=O)CN(CCC(C)C)C1CC1. The molecule has 0 spiro atoms. The van der Waals surface area contributed by atoms with Crippen molar-refractivity contribution < 1.29 is 14.3 Å². The molecular weight excluding hydrogens is 254 g/mol. The third kappa shape index (κ3) is 4.89. The van der Waals surface area contributed by atoms with Crippen LogP contribution >= 0.6 is 0 Å². The van der Waals surface area contributed by atoms with Crippen LogP contribution in [0.3, 0.4) is 0 Å². The Kier molecular flexibility index (Phi) is 6.18.